The Balaban J connectivity index is 2.00. The molecule has 3 aromatic rings. The number of nitrogens with two attached hydrogens (primary N) is 1. The topological polar surface area (TPSA) is 85.4 Å². The summed E-state index contributed by atoms with van der Waals surface area (Å²) in [5.74, 6) is -1.07. The van der Waals surface area contributed by atoms with Crippen LogP contribution >= 0.6 is 0 Å². The summed E-state index contributed by atoms with van der Waals surface area (Å²) in [6, 6.07) is 21.2. The van der Waals surface area contributed by atoms with Crippen molar-refractivity contribution >= 4 is 11.8 Å². The molecule has 0 atom stereocenters. The van der Waals surface area contributed by atoms with E-state index in [1.165, 1.54) is 15.7 Å². The molecule has 154 valence electrons. The van der Waals surface area contributed by atoms with Gasteiger partial charge in [0.25, 0.3) is 11.5 Å². The monoisotopic (exact) mass is 403 g/mol. The van der Waals surface area contributed by atoms with Crippen LogP contribution in [0.2, 0.25) is 0 Å². The molecule has 3 rings (SSSR count). The van der Waals surface area contributed by atoms with Gasteiger partial charge in [-0.25, -0.2) is 0 Å². The summed E-state index contributed by atoms with van der Waals surface area (Å²) >= 11 is 0. The van der Waals surface area contributed by atoms with E-state index in [1.807, 2.05) is 60.7 Å². The molecule has 0 aliphatic heterocycles. The largest absolute Gasteiger partial charge is 0.368 e. The Morgan fingerprint density at radius 3 is 2.00 bits per heavy atom. The van der Waals surface area contributed by atoms with Crippen molar-refractivity contribution in [2.75, 3.05) is 13.1 Å². The minimum atomic E-state index is -0.593. The molecule has 0 radical (unpaired) electrons. The maximum Gasteiger partial charge on any atom is 0.255 e. The Morgan fingerprint density at radius 2 is 1.53 bits per heavy atom. The van der Waals surface area contributed by atoms with Gasteiger partial charge < -0.3 is 15.2 Å². The van der Waals surface area contributed by atoms with E-state index < -0.39 is 5.91 Å². The molecule has 0 spiro atoms. The number of primary amides is 1. The minimum Gasteiger partial charge on any atom is -0.368 e. The number of aromatic nitrogens is 1. The molecule has 0 unspecified atom stereocenters. The molecule has 0 fully saturated rings. The van der Waals surface area contributed by atoms with Gasteiger partial charge in [0, 0.05) is 31.3 Å². The number of amides is 2. The first kappa shape index (κ1) is 21.0. The third-order valence-corrected chi connectivity index (χ3v) is 5.05. The molecule has 2 aromatic carbocycles. The Morgan fingerprint density at radius 1 is 1.00 bits per heavy atom. The minimum absolute atomic E-state index is 0.135. The number of carbonyl (C=O) groups excluding carboxylic acids is 2. The first-order chi connectivity index (χ1) is 14.4. The van der Waals surface area contributed by atoms with Crippen molar-refractivity contribution in [3.8, 4) is 0 Å². The van der Waals surface area contributed by atoms with Crippen molar-refractivity contribution in [2.45, 2.75) is 12.8 Å². The molecular weight excluding hydrogens is 378 g/mol. The lowest BCUT2D eigenvalue weighted by Gasteiger charge is -2.28. The molecule has 2 N–H and O–H groups in total. The first-order valence-electron chi connectivity index (χ1n) is 9.71. The summed E-state index contributed by atoms with van der Waals surface area (Å²) in [4.78, 5) is 38.5. The molecule has 6 heteroatoms. The average molecular weight is 403 g/mol. The summed E-state index contributed by atoms with van der Waals surface area (Å²) in [7, 11) is 1.60. The molecule has 0 bridgehead atoms. The van der Waals surface area contributed by atoms with E-state index in [9.17, 15) is 14.4 Å². The summed E-state index contributed by atoms with van der Waals surface area (Å²) in [6.45, 7) is 1.73. The molecule has 30 heavy (non-hydrogen) atoms. The smallest absolute Gasteiger partial charge is 0.255 e. The van der Waals surface area contributed by atoms with E-state index in [1.54, 1.807) is 20.0 Å². The average Bonchev–Trinajstić information content (AvgIpc) is 2.75. The van der Waals surface area contributed by atoms with Gasteiger partial charge in [-0.1, -0.05) is 60.7 Å². The van der Waals surface area contributed by atoms with Crippen LogP contribution in [-0.2, 0) is 11.8 Å². The predicted molar refractivity (Wildman–Crippen MR) is 116 cm³/mol. The fourth-order valence-corrected chi connectivity index (χ4v) is 3.58. The quantitative estimate of drug-likeness (QED) is 0.658. The van der Waals surface area contributed by atoms with Crippen LogP contribution in [0.3, 0.4) is 0 Å². The van der Waals surface area contributed by atoms with Gasteiger partial charge in [-0.15, -0.1) is 0 Å². The van der Waals surface area contributed by atoms with Crippen LogP contribution in [0.5, 0.6) is 0 Å². The lowest BCUT2D eigenvalue weighted by molar-refractivity contribution is -0.118. The number of carbonyl (C=O) groups is 2. The second-order valence-corrected chi connectivity index (χ2v) is 7.35. The predicted octanol–water partition coefficient (Wildman–Crippen LogP) is 2.45. The Bertz CT molecular complexity index is 1030. The second-order valence-electron chi connectivity index (χ2n) is 7.35. The van der Waals surface area contributed by atoms with Gasteiger partial charge in [-0.05, 0) is 24.1 Å². The van der Waals surface area contributed by atoms with Gasteiger partial charge in [0.15, 0.2) is 0 Å². The molecule has 1 heterocycles. The number of pyridine rings is 1. The number of nitrogens with zero attached hydrogens (tertiary/aromatic N) is 2. The number of aryl methyl sites for hydroxylation is 2. The molecule has 6 nitrogen and oxygen atoms in total. The van der Waals surface area contributed by atoms with Gasteiger partial charge in [-0.2, -0.15) is 0 Å². The number of rotatable bonds is 7. The van der Waals surface area contributed by atoms with Crippen molar-refractivity contribution in [1.82, 2.24) is 9.47 Å². The summed E-state index contributed by atoms with van der Waals surface area (Å²) in [5.41, 5.74) is 8.16. The van der Waals surface area contributed by atoms with Crippen molar-refractivity contribution in [3.63, 3.8) is 0 Å². The maximum absolute atomic E-state index is 13.3. The van der Waals surface area contributed by atoms with Gasteiger partial charge in [-0.3, -0.25) is 14.4 Å². The van der Waals surface area contributed by atoms with Gasteiger partial charge in [0.2, 0.25) is 5.91 Å². The zero-order chi connectivity index (χ0) is 21.7. The van der Waals surface area contributed by atoms with E-state index in [4.69, 9.17) is 5.73 Å². The Labute approximate surface area is 175 Å². The normalized spacial score (nSPS) is 10.8. The number of benzene rings is 2. The molecule has 0 saturated heterocycles. The van der Waals surface area contributed by atoms with Crippen molar-refractivity contribution < 1.29 is 9.59 Å². The first-order valence-corrected chi connectivity index (χ1v) is 9.71. The highest BCUT2D eigenvalue weighted by Crippen LogP contribution is 2.26. The Hall–Kier alpha value is -3.67. The highest BCUT2D eigenvalue weighted by molar-refractivity contribution is 5.96. The lowest BCUT2D eigenvalue weighted by Crippen LogP contribution is -2.41. The zero-order valence-corrected chi connectivity index (χ0v) is 17.1. The van der Waals surface area contributed by atoms with Crippen molar-refractivity contribution in [1.29, 1.82) is 0 Å². The number of hydrogen-bond donors (Lipinski definition) is 1. The highest BCUT2D eigenvalue weighted by Gasteiger charge is 2.24. The summed E-state index contributed by atoms with van der Waals surface area (Å²) in [6.07, 6.45) is 1.49. The van der Waals surface area contributed by atoms with E-state index in [0.29, 0.717) is 11.1 Å². The van der Waals surface area contributed by atoms with E-state index >= 15 is 0 Å². The fourth-order valence-electron chi connectivity index (χ4n) is 3.58. The van der Waals surface area contributed by atoms with Crippen molar-refractivity contribution in [2.24, 2.45) is 12.8 Å². The maximum atomic E-state index is 13.3. The third-order valence-electron chi connectivity index (χ3n) is 5.05. The van der Waals surface area contributed by atoms with Crippen LogP contribution in [-0.4, -0.2) is 34.4 Å². The van der Waals surface area contributed by atoms with E-state index in [0.717, 1.165) is 11.1 Å². The van der Waals surface area contributed by atoms with Gasteiger partial charge in [0.1, 0.15) is 0 Å². The third kappa shape index (κ3) is 4.84. The van der Waals surface area contributed by atoms with E-state index in [-0.39, 0.29) is 30.5 Å². The number of hydrogen-bond acceptors (Lipinski definition) is 3. The standard InChI is InChI=1S/C24H25N3O3/c1-17-13-20(14-26(2)23(17)29)24(30)27(16-22(25)28)15-21(18-9-5-3-6-10-18)19-11-7-4-8-12-19/h3-14,21H,15-16H2,1-2H3,(H2,25,28). The van der Waals surface area contributed by atoms with Crippen LogP contribution in [0.4, 0.5) is 0 Å². The SMILES string of the molecule is Cc1cc(C(=O)N(CC(N)=O)CC(c2ccccc2)c2ccccc2)cn(C)c1=O. The van der Waals surface area contributed by atoms with Crippen molar-refractivity contribution in [3.05, 3.63) is 106 Å². The molecule has 0 saturated carbocycles. The molecule has 2 amide bonds. The molecule has 0 aliphatic carbocycles. The van der Waals surface area contributed by atoms with Crippen LogP contribution in [0.25, 0.3) is 0 Å². The molecule has 0 aliphatic rings. The summed E-state index contributed by atoms with van der Waals surface area (Å²) in [5, 5.41) is 0. The van der Waals surface area contributed by atoms with Gasteiger partial charge in [0.05, 0.1) is 12.1 Å². The van der Waals surface area contributed by atoms with Crippen LogP contribution in [0, 0.1) is 6.92 Å². The van der Waals surface area contributed by atoms with Crippen LogP contribution in [0.15, 0.2) is 77.7 Å². The van der Waals surface area contributed by atoms with Gasteiger partial charge >= 0.3 is 0 Å². The summed E-state index contributed by atoms with van der Waals surface area (Å²) < 4.78 is 1.37. The van der Waals surface area contributed by atoms with Crippen LogP contribution < -0.4 is 11.3 Å². The second kappa shape index (κ2) is 9.22. The fraction of sp³-hybridized carbons (Fsp3) is 0.208. The molecular formula is C24H25N3O3. The Kier molecular flexibility index (Phi) is 6.47. The zero-order valence-electron chi connectivity index (χ0n) is 17.1. The lowest BCUT2D eigenvalue weighted by atomic mass is 9.90. The molecule has 1 aromatic heterocycles. The highest BCUT2D eigenvalue weighted by atomic mass is 16.2. The van der Waals surface area contributed by atoms with Crippen LogP contribution in [0.1, 0.15) is 33.0 Å². The van der Waals surface area contributed by atoms with E-state index in [2.05, 4.69) is 0 Å².